The van der Waals surface area contributed by atoms with Crippen molar-refractivity contribution in [2.45, 2.75) is 80.9 Å². The third-order valence-electron chi connectivity index (χ3n) is 10.7. The van der Waals surface area contributed by atoms with Crippen molar-refractivity contribution in [1.29, 1.82) is 0 Å². The van der Waals surface area contributed by atoms with Gasteiger partial charge in [-0.15, -0.1) is 0 Å². The van der Waals surface area contributed by atoms with Crippen LogP contribution in [0.5, 0.6) is 11.5 Å². The minimum Gasteiger partial charge on any atom is -0.483 e. The predicted octanol–water partition coefficient (Wildman–Crippen LogP) is 4.41. The summed E-state index contributed by atoms with van der Waals surface area (Å²) >= 11 is 0. The van der Waals surface area contributed by atoms with E-state index in [-0.39, 0.29) is 17.8 Å². The van der Waals surface area contributed by atoms with Crippen LogP contribution in [0, 0.1) is 0 Å². The van der Waals surface area contributed by atoms with Crippen LogP contribution in [-0.4, -0.2) is 73.5 Å². The topological polar surface area (TPSA) is 102 Å². The summed E-state index contributed by atoms with van der Waals surface area (Å²) < 4.78 is 48.5. The molecule has 242 valence electrons. The Morgan fingerprint density at radius 2 is 1.65 bits per heavy atom. The summed E-state index contributed by atoms with van der Waals surface area (Å²) in [7, 11) is -2.12. The Kier molecular flexibility index (Phi) is 7.73. The van der Waals surface area contributed by atoms with E-state index in [2.05, 4.69) is 17.0 Å². The van der Waals surface area contributed by atoms with E-state index in [1.165, 1.54) is 23.7 Å². The number of carbonyl (C=O) groups excluding carboxylic acids is 2. The number of piperidine rings is 1. The predicted molar refractivity (Wildman–Crippen MR) is 172 cm³/mol. The molecule has 2 aliphatic heterocycles. The van der Waals surface area contributed by atoms with Gasteiger partial charge in [-0.25, -0.2) is 8.42 Å². The molecule has 1 saturated carbocycles. The molecule has 0 N–H and O–H groups in total. The molecule has 0 aromatic heterocycles. The lowest BCUT2D eigenvalue weighted by molar-refractivity contribution is -0.221. The molecule has 4 aliphatic rings. The van der Waals surface area contributed by atoms with E-state index >= 15 is 0 Å². The lowest BCUT2D eigenvalue weighted by atomic mass is 9.48. The van der Waals surface area contributed by atoms with Gasteiger partial charge < -0.3 is 14.2 Å². The van der Waals surface area contributed by atoms with Crippen LogP contribution in [0.25, 0.3) is 0 Å². The van der Waals surface area contributed by atoms with Crippen LogP contribution < -0.4 is 9.47 Å². The van der Waals surface area contributed by atoms with Gasteiger partial charge in [-0.2, -0.15) is 4.31 Å². The summed E-state index contributed by atoms with van der Waals surface area (Å²) in [4.78, 5) is 27.7. The molecule has 1 saturated heterocycles. The summed E-state index contributed by atoms with van der Waals surface area (Å²) in [5, 5.41) is 0. The number of ether oxygens (including phenoxy) is 3. The van der Waals surface area contributed by atoms with Gasteiger partial charge >= 0.3 is 11.9 Å². The van der Waals surface area contributed by atoms with Crippen LogP contribution >= 0.6 is 0 Å². The van der Waals surface area contributed by atoms with E-state index in [9.17, 15) is 18.0 Å². The fraction of sp³-hybridized carbons (Fsp3) is 0.444. The quantitative estimate of drug-likeness (QED) is 0.250. The van der Waals surface area contributed by atoms with Crippen molar-refractivity contribution in [3.63, 3.8) is 0 Å². The number of esters is 2. The number of sulfonamides is 1. The maximum atomic E-state index is 13.9. The lowest BCUT2D eigenvalue weighted by Gasteiger charge is -2.65. The molecule has 46 heavy (non-hydrogen) atoms. The summed E-state index contributed by atoms with van der Waals surface area (Å²) in [6.45, 7) is 4.32. The van der Waals surface area contributed by atoms with Crippen molar-refractivity contribution < 1.29 is 32.2 Å². The molecule has 2 heterocycles. The monoisotopic (exact) mass is 644 g/mol. The van der Waals surface area contributed by atoms with Crippen molar-refractivity contribution in [3.05, 3.63) is 95.1 Å². The Morgan fingerprint density at radius 3 is 2.33 bits per heavy atom. The largest absolute Gasteiger partial charge is 0.483 e. The molecular weight excluding hydrogens is 604 g/mol. The van der Waals surface area contributed by atoms with Gasteiger partial charge in [0, 0.05) is 33.0 Å². The van der Waals surface area contributed by atoms with Gasteiger partial charge in [-0.3, -0.25) is 14.5 Å². The molecule has 2 aliphatic carbocycles. The lowest BCUT2D eigenvalue weighted by Crippen LogP contribution is -2.79. The smallest absolute Gasteiger partial charge is 0.308 e. The molecule has 2 fully saturated rings. The first-order valence-corrected chi connectivity index (χ1v) is 17.7. The highest BCUT2D eigenvalue weighted by Crippen LogP contribution is 2.67. The molecule has 7 rings (SSSR count). The first-order valence-electron chi connectivity index (χ1n) is 16.0. The number of nitrogens with zero attached hydrogens (tertiary/aromatic N) is 2. The van der Waals surface area contributed by atoms with Crippen LogP contribution in [0.1, 0.15) is 55.4 Å². The molecular formula is C36H40N2O7S. The van der Waals surface area contributed by atoms with Crippen LogP contribution in [0.3, 0.4) is 0 Å². The number of likely N-dealkylation sites (N-methyl/N-ethyl adjacent to an activating group) is 1. The molecule has 3 aromatic carbocycles. The summed E-state index contributed by atoms with van der Waals surface area (Å²) in [5.74, 6) is -0.203. The highest BCUT2D eigenvalue weighted by molar-refractivity contribution is 7.88. The molecule has 9 nitrogen and oxygen atoms in total. The van der Waals surface area contributed by atoms with Gasteiger partial charge in [0.05, 0.1) is 23.3 Å². The van der Waals surface area contributed by atoms with Crippen molar-refractivity contribution in [2.75, 3.05) is 20.1 Å². The van der Waals surface area contributed by atoms with Crippen molar-refractivity contribution in [1.82, 2.24) is 9.21 Å². The van der Waals surface area contributed by atoms with Gasteiger partial charge in [0.15, 0.2) is 11.5 Å². The van der Waals surface area contributed by atoms with Crippen molar-refractivity contribution >= 4 is 22.0 Å². The standard InChI is InChI=1S/C36H40N2O7S/c1-24(39)43-30-15-14-28-22-31-36(45-25(2)40)18-16-29(37(3)46(41,42)23-27-12-8-5-9-13-27)34-35(36,32(28)33(30)44-34)19-21-38(31)20-17-26-10-6-4-7-11-26/h4-15,29,31,34H,16-23H2,1-3H3/t29-,31-,34+,35+,36-/m1/s1. The van der Waals surface area contributed by atoms with Gasteiger partial charge in [0.1, 0.15) is 11.7 Å². The number of benzene rings is 3. The minimum atomic E-state index is -3.75. The van der Waals surface area contributed by atoms with E-state index in [0.29, 0.717) is 42.7 Å². The fourth-order valence-corrected chi connectivity index (χ4v) is 10.4. The first-order chi connectivity index (χ1) is 22.1. The van der Waals surface area contributed by atoms with E-state index in [0.717, 1.165) is 30.6 Å². The van der Waals surface area contributed by atoms with Crippen LogP contribution in [-0.2, 0) is 48.4 Å². The van der Waals surface area contributed by atoms with Gasteiger partial charge in [-0.05, 0) is 61.4 Å². The maximum absolute atomic E-state index is 13.9. The van der Waals surface area contributed by atoms with E-state index in [1.54, 1.807) is 13.1 Å². The zero-order valence-corrected chi connectivity index (χ0v) is 27.3. The Labute approximate surface area is 270 Å². The number of likely N-dealkylation sites (tertiary alicyclic amines) is 1. The summed E-state index contributed by atoms with van der Waals surface area (Å²) in [6, 6.07) is 22.6. The third-order valence-corrected chi connectivity index (χ3v) is 12.5. The van der Waals surface area contributed by atoms with Crippen LogP contribution in [0.2, 0.25) is 0 Å². The van der Waals surface area contributed by atoms with Crippen LogP contribution in [0.4, 0.5) is 0 Å². The van der Waals surface area contributed by atoms with E-state index < -0.39 is 39.2 Å². The minimum absolute atomic E-state index is 0.134. The summed E-state index contributed by atoms with van der Waals surface area (Å²) in [5.41, 5.74) is 2.12. The first kappa shape index (κ1) is 30.9. The van der Waals surface area contributed by atoms with Gasteiger partial charge in [0.2, 0.25) is 10.0 Å². The van der Waals surface area contributed by atoms with Crippen molar-refractivity contribution in [2.24, 2.45) is 0 Å². The molecule has 1 spiro atoms. The second-order valence-electron chi connectivity index (χ2n) is 13.1. The second kappa shape index (κ2) is 11.5. The fourth-order valence-electron chi connectivity index (χ4n) is 8.91. The third kappa shape index (κ3) is 4.84. The van der Waals surface area contributed by atoms with E-state index in [4.69, 9.17) is 14.2 Å². The Hall–Kier alpha value is -3.73. The number of carbonyl (C=O) groups is 2. The molecule has 0 radical (unpaired) electrons. The maximum Gasteiger partial charge on any atom is 0.308 e. The molecule has 3 aromatic rings. The molecule has 0 amide bonds. The average molecular weight is 645 g/mol. The zero-order valence-electron chi connectivity index (χ0n) is 26.5. The Bertz CT molecular complexity index is 1770. The molecule has 5 atom stereocenters. The normalized spacial score (nSPS) is 27.9. The SMILES string of the molecule is CC(=O)Oc1ccc2c3c1O[C@H]1[C@H](N(C)S(=O)(=O)Cc4ccccc4)CC[C@@]4(OC(C)=O)[C@@H](C2)N(CCc2ccccc2)CC[C@]314. The highest BCUT2D eigenvalue weighted by Gasteiger charge is 2.75. The highest BCUT2D eigenvalue weighted by atomic mass is 32.2. The van der Waals surface area contributed by atoms with Crippen molar-refractivity contribution in [3.8, 4) is 11.5 Å². The van der Waals surface area contributed by atoms with Crippen LogP contribution in [0.15, 0.2) is 72.8 Å². The number of rotatable bonds is 9. The summed E-state index contributed by atoms with van der Waals surface area (Å²) in [6.07, 6.45) is 2.36. The second-order valence-corrected chi connectivity index (χ2v) is 15.1. The Balaban J connectivity index is 1.34. The molecule has 10 heteroatoms. The zero-order chi connectivity index (χ0) is 32.3. The van der Waals surface area contributed by atoms with E-state index in [1.807, 2.05) is 54.6 Å². The van der Waals surface area contributed by atoms with Gasteiger partial charge in [0.25, 0.3) is 0 Å². The number of hydrogen-bond acceptors (Lipinski definition) is 8. The Morgan fingerprint density at radius 1 is 0.957 bits per heavy atom. The molecule has 2 bridgehead atoms. The molecule has 0 unspecified atom stereocenters. The number of hydrogen-bond donors (Lipinski definition) is 0. The van der Waals surface area contributed by atoms with Gasteiger partial charge in [-0.1, -0.05) is 66.7 Å². The average Bonchev–Trinajstić information content (AvgIpc) is 3.37.